The lowest BCUT2D eigenvalue weighted by Crippen LogP contribution is -2.47. The van der Waals surface area contributed by atoms with Crippen molar-refractivity contribution in [1.29, 1.82) is 0 Å². The Bertz CT molecular complexity index is 587. The number of benzene rings is 1. The van der Waals surface area contributed by atoms with Crippen molar-refractivity contribution in [3.63, 3.8) is 0 Å². The molecule has 21 heavy (non-hydrogen) atoms. The zero-order valence-corrected chi connectivity index (χ0v) is 13.8. The molecule has 0 amide bonds. The van der Waals surface area contributed by atoms with Crippen molar-refractivity contribution >= 4 is 10.0 Å². The number of aliphatic hydroxyl groups is 1. The molecule has 0 heterocycles. The summed E-state index contributed by atoms with van der Waals surface area (Å²) in [5.41, 5.74) is -0.220. The summed E-state index contributed by atoms with van der Waals surface area (Å²) in [4.78, 5) is -0.105. The molecule has 6 heteroatoms. The maximum Gasteiger partial charge on any atom is 0.241 e. The van der Waals surface area contributed by atoms with Crippen LogP contribution in [-0.4, -0.2) is 19.1 Å². The van der Waals surface area contributed by atoms with Gasteiger partial charge in [-0.15, -0.1) is 0 Å². The highest BCUT2D eigenvalue weighted by atomic mass is 32.2. The van der Waals surface area contributed by atoms with Crippen LogP contribution >= 0.6 is 0 Å². The van der Waals surface area contributed by atoms with E-state index in [9.17, 15) is 12.8 Å². The van der Waals surface area contributed by atoms with Crippen molar-refractivity contribution in [3.8, 4) is 0 Å². The van der Waals surface area contributed by atoms with Crippen LogP contribution in [-0.2, 0) is 16.6 Å². The average molecular weight is 317 g/mol. The molecule has 0 aliphatic rings. The second kappa shape index (κ2) is 6.85. The highest BCUT2D eigenvalue weighted by Crippen LogP contribution is 2.26. The van der Waals surface area contributed by atoms with Gasteiger partial charge in [0.05, 0.1) is 11.5 Å². The third kappa shape index (κ3) is 3.81. The minimum atomic E-state index is -3.84. The Labute approximate surface area is 126 Å². The number of hydrogen-bond acceptors (Lipinski definition) is 3. The lowest BCUT2D eigenvalue weighted by atomic mass is 9.91. The van der Waals surface area contributed by atoms with Crippen LogP contribution in [0, 0.1) is 12.7 Å². The highest BCUT2D eigenvalue weighted by Gasteiger charge is 2.31. The first kappa shape index (κ1) is 18.1. The molecule has 0 saturated carbocycles. The summed E-state index contributed by atoms with van der Waals surface area (Å²) in [7, 11) is -3.84. The topological polar surface area (TPSA) is 66.4 Å². The fourth-order valence-electron chi connectivity index (χ4n) is 2.38. The van der Waals surface area contributed by atoms with Gasteiger partial charge in [-0.1, -0.05) is 20.8 Å². The van der Waals surface area contributed by atoms with Crippen LogP contribution in [0.1, 0.15) is 51.2 Å². The predicted molar refractivity (Wildman–Crippen MR) is 81.0 cm³/mol. The van der Waals surface area contributed by atoms with Gasteiger partial charge in [-0.25, -0.2) is 17.5 Å². The van der Waals surface area contributed by atoms with E-state index in [4.69, 9.17) is 5.11 Å². The van der Waals surface area contributed by atoms with E-state index >= 15 is 0 Å². The number of aliphatic hydroxyl groups excluding tert-OH is 1. The van der Waals surface area contributed by atoms with Crippen molar-refractivity contribution in [3.05, 3.63) is 29.1 Å². The lowest BCUT2D eigenvalue weighted by molar-refractivity contribution is 0.280. The highest BCUT2D eigenvalue weighted by molar-refractivity contribution is 7.89. The van der Waals surface area contributed by atoms with Crippen LogP contribution in [0.4, 0.5) is 4.39 Å². The van der Waals surface area contributed by atoms with E-state index in [1.807, 2.05) is 20.8 Å². The molecule has 0 unspecified atom stereocenters. The second-order valence-electron chi connectivity index (χ2n) is 5.31. The summed E-state index contributed by atoms with van der Waals surface area (Å²) in [5.74, 6) is -0.628. The second-order valence-corrected chi connectivity index (χ2v) is 6.96. The molecule has 0 aliphatic heterocycles. The maximum atomic E-state index is 13.8. The largest absolute Gasteiger partial charge is 0.392 e. The zero-order valence-electron chi connectivity index (χ0n) is 13.0. The first-order valence-electron chi connectivity index (χ1n) is 7.19. The molecule has 0 bridgehead atoms. The average Bonchev–Trinajstić information content (AvgIpc) is 2.47. The minimum Gasteiger partial charge on any atom is -0.392 e. The van der Waals surface area contributed by atoms with Gasteiger partial charge in [0.25, 0.3) is 0 Å². The van der Waals surface area contributed by atoms with Gasteiger partial charge in [0.1, 0.15) is 5.82 Å². The van der Waals surface area contributed by atoms with Crippen LogP contribution < -0.4 is 4.72 Å². The third-order valence-corrected chi connectivity index (χ3v) is 5.91. The Hall–Kier alpha value is -0.980. The SMILES string of the molecule is CCC(CC)(CC)NS(=O)(=O)c1cc(CO)cc(F)c1C. The van der Waals surface area contributed by atoms with Gasteiger partial charge in [0.15, 0.2) is 0 Å². The number of sulfonamides is 1. The van der Waals surface area contributed by atoms with E-state index in [-0.39, 0.29) is 16.0 Å². The van der Waals surface area contributed by atoms with E-state index in [0.29, 0.717) is 19.3 Å². The molecule has 1 rings (SSSR count). The third-order valence-electron chi connectivity index (χ3n) is 4.21. The Kier molecular flexibility index (Phi) is 5.90. The Morgan fingerprint density at radius 1 is 1.19 bits per heavy atom. The van der Waals surface area contributed by atoms with E-state index in [0.717, 1.165) is 6.07 Å². The molecule has 4 nitrogen and oxygen atoms in total. The molecule has 0 spiro atoms. The first-order valence-corrected chi connectivity index (χ1v) is 8.67. The van der Waals surface area contributed by atoms with Crippen LogP contribution in [0.5, 0.6) is 0 Å². The number of halogens is 1. The van der Waals surface area contributed by atoms with Gasteiger partial charge in [-0.3, -0.25) is 0 Å². The summed E-state index contributed by atoms with van der Waals surface area (Å²) in [6.07, 6.45) is 1.96. The van der Waals surface area contributed by atoms with Gasteiger partial charge >= 0.3 is 0 Å². The molecule has 0 atom stereocenters. The smallest absolute Gasteiger partial charge is 0.241 e. The molecule has 2 N–H and O–H groups in total. The van der Waals surface area contributed by atoms with Gasteiger partial charge in [-0.05, 0) is 43.9 Å². The Balaban J connectivity index is 3.34. The van der Waals surface area contributed by atoms with Crippen molar-refractivity contribution in [2.24, 2.45) is 0 Å². The van der Waals surface area contributed by atoms with Crippen LogP contribution in [0.3, 0.4) is 0 Å². The van der Waals surface area contributed by atoms with Gasteiger partial charge < -0.3 is 5.11 Å². The Morgan fingerprint density at radius 2 is 1.71 bits per heavy atom. The molecule has 0 aliphatic carbocycles. The summed E-state index contributed by atoms with van der Waals surface area (Å²) < 4.78 is 41.8. The van der Waals surface area contributed by atoms with E-state index in [1.165, 1.54) is 13.0 Å². The molecule has 0 fully saturated rings. The van der Waals surface area contributed by atoms with Crippen molar-refractivity contribution < 1.29 is 17.9 Å². The first-order chi connectivity index (χ1) is 9.75. The number of nitrogens with one attached hydrogen (secondary N) is 1. The predicted octanol–water partition coefficient (Wildman–Crippen LogP) is 2.87. The lowest BCUT2D eigenvalue weighted by Gasteiger charge is -2.31. The summed E-state index contributed by atoms with van der Waals surface area (Å²) in [6.45, 7) is 6.80. The normalized spacial score (nSPS) is 12.7. The van der Waals surface area contributed by atoms with Gasteiger partial charge in [0.2, 0.25) is 10.0 Å². The fourth-order valence-corrected chi connectivity index (χ4v) is 4.30. The fraction of sp³-hybridized carbons (Fsp3) is 0.600. The molecule has 0 aromatic heterocycles. The van der Waals surface area contributed by atoms with Crippen molar-refractivity contribution in [2.45, 2.75) is 64.0 Å². The minimum absolute atomic E-state index is 0.0666. The zero-order chi connectivity index (χ0) is 16.3. The van der Waals surface area contributed by atoms with E-state index < -0.39 is 28.0 Å². The number of rotatable bonds is 7. The summed E-state index contributed by atoms with van der Waals surface area (Å²) >= 11 is 0. The molecule has 0 saturated heterocycles. The maximum absolute atomic E-state index is 13.8. The molecule has 120 valence electrons. The number of hydrogen-bond donors (Lipinski definition) is 2. The van der Waals surface area contributed by atoms with Crippen LogP contribution in [0.2, 0.25) is 0 Å². The summed E-state index contributed by atoms with van der Waals surface area (Å²) in [5, 5.41) is 9.13. The molecule has 1 aromatic rings. The van der Waals surface area contributed by atoms with Gasteiger partial charge in [0, 0.05) is 11.1 Å². The molecular formula is C15H24FNO3S. The summed E-state index contributed by atoms with van der Waals surface area (Å²) in [6, 6.07) is 2.48. The van der Waals surface area contributed by atoms with Crippen LogP contribution in [0.25, 0.3) is 0 Å². The quantitative estimate of drug-likeness (QED) is 0.812. The molecule has 1 aromatic carbocycles. The Morgan fingerprint density at radius 3 is 2.14 bits per heavy atom. The molecular weight excluding hydrogens is 293 g/mol. The van der Waals surface area contributed by atoms with Crippen molar-refractivity contribution in [1.82, 2.24) is 4.72 Å². The van der Waals surface area contributed by atoms with Crippen molar-refractivity contribution in [2.75, 3.05) is 0 Å². The monoisotopic (exact) mass is 317 g/mol. The standard InChI is InChI=1S/C15H24FNO3S/c1-5-15(6-2,7-3)17-21(19,20)14-9-12(10-18)8-13(16)11(14)4/h8-9,17-18H,5-7,10H2,1-4H3. The van der Waals surface area contributed by atoms with Crippen LogP contribution in [0.15, 0.2) is 17.0 Å². The van der Waals surface area contributed by atoms with Gasteiger partial charge in [-0.2, -0.15) is 0 Å². The van der Waals surface area contributed by atoms with E-state index in [1.54, 1.807) is 0 Å². The van der Waals surface area contributed by atoms with E-state index in [2.05, 4.69) is 4.72 Å². The molecule has 0 radical (unpaired) electrons.